The summed E-state index contributed by atoms with van der Waals surface area (Å²) in [4.78, 5) is 9.12. The first-order valence-corrected chi connectivity index (χ1v) is 11.4. The number of aryl methyl sites for hydroxylation is 3. The van der Waals surface area contributed by atoms with Gasteiger partial charge in [-0.05, 0) is 57.4 Å². The maximum absolute atomic E-state index is 13.1. The fourth-order valence-corrected chi connectivity index (χ4v) is 5.66. The van der Waals surface area contributed by atoms with Gasteiger partial charge in [-0.1, -0.05) is 11.2 Å². The number of nitrogens with one attached hydrogen (secondary N) is 1. The molecule has 0 spiro atoms. The Morgan fingerprint density at radius 1 is 1.17 bits per heavy atom. The molecular weight excluding hydrogens is 402 g/mol. The van der Waals surface area contributed by atoms with Crippen LogP contribution < -0.4 is 5.32 Å². The Hall–Kier alpha value is -2.78. The van der Waals surface area contributed by atoms with E-state index in [-0.39, 0.29) is 10.8 Å². The van der Waals surface area contributed by atoms with Gasteiger partial charge in [0.05, 0.1) is 11.9 Å². The summed E-state index contributed by atoms with van der Waals surface area (Å²) in [6.45, 7) is 6.16. The van der Waals surface area contributed by atoms with Gasteiger partial charge in [0.1, 0.15) is 16.4 Å². The van der Waals surface area contributed by atoms with Crippen LogP contribution in [0.4, 0.5) is 11.5 Å². The first-order chi connectivity index (χ1) is 14.4. The molecule has 9 heteroatoms. The van der Waals surface area contributed by atoms with Crippen molar-refractivity contribution >= 4 is 21.5 Å². The third-order valence-electron chi connectivity index (χ3n) is 5.43. The van der Waals surface area contributed by atoms with Crippen LogP contribution >= 0.6 is 0 Å². The monoisotopic (exact) mass is 427 g/mol. The largest absolute Gasteiger partial charge is 0.360 e. The standard InChI is InChI=1S/C21H25N5O3S/c1-14-6-4-10-22-21(14)24-18-8-9-19(23-12-18)17-7-5-11-26(13-17)30(27,28)20-15(2)25-29-16(20)3/h4,6,8-10,12,17H,5,7,11,13H2,1-3H3,(H,22,24)/t17-/m1/s1. The molecule has 1 saturated heterocycles. The topological polar surface area (TPSA) is 101 Å². The number of nitrogens with zero attached hydrogens (tertiary/aromatic N) is 4. The second-order valence-electron chi connectivity index (χ2n) is 7.62. The summed E-state index contributed by atoms with van der Waals surface area (Å²) in [5.41, 5.74) is 3.18. The summed E-state index contributed by atoms with van der Waals surface area (Å²) >= 11 is 0. The summed E-state index contributed by atoms with van der Waals surface area (Å²) in [7, 11) is -3.65. The number of aromatic nitrogens is 3. The number of hydrogen-bond donors (Lipinski definition) is 1. The number of hydrogen-bond acceptors (Lipinski definition) is 7. The molecular formula is C21H25N5O3S. The van der Waals surface area contributed by atoms with Gasteiger partial charge in [-0.25, -0.2) is 13.4 Å². The molecule has 1 aliphatic heterocycles. The van der Waals surface area contributed by atoms with Gasteiger partial charge in [-0.3, -0.25) is 4.98 Å². The number of sulfonamides is 1. The van der Waals surface area contributed by atoms with Crippen molar-refractivity contribution in [2.45, 2.75) is 44.4 Å². The highest BCUT2D eigenvalue weighted by Crippen LogP contribution is 2.32. The van der Waals surface area contributed by atoms with E-state index in [0.29, 0.717) is 24.5 Å². The average molecular weight is 428 g/mol. The number of piperidine rings is 1. The van der Waals surface area contributed by atoms with Crippen molar-refractivity contribution in [3.05, 3.63) is 59.4 Å². The second kappa shape index (κ2) is 8.16. The Labute approximate surface area is 176 Å². The summed E-state index contributed by atoms with van der Waals surface area (Å²) in [6.07, 6.45) is 5.19. The molecule has 0 saturated carbocycles. The predicted molar refractivity (Wildman–Crippen MR) is 113 cm³/mol. The van der Waals surface area contributed by atoms with Gasteiger partial charge in [0.2, 0.25) is 10.0 Å². The maximum atomic E-state index is 13.1. The molecule has 0 amide bonds. The lowest BCUT2D eigenvalue weighted by Gasteiger charge is -2.31. The van der Waals surface area contributed by atoms with Gasteiger partial charge in [-0.15, -0.1) is 0 Å². The van der Waals surface area contributed by atoms with Crippen molar-refractivity contribution < 1.29 is 12.9 Å². The fourth-order valence-electron chi connectivity index (χ4n) is 3.85. The lowest BCUT2D eigenvalue weighted by Crippen LogP contribution is -2.39. The summed E-state index contributed by atoms with van der Waals surface area (Å²) < 4.78 is 32.9. The van der Waals surface area contributed by atoms with Gasteiger partial charge in [0.15, 0.2) is 5.76 Å². The fraction of sp³-hybridized carbons (Fsp3) is 0.381. The molecule has 3 aromatic rings. The molecule has 1 atom stereocenters. The SMILES string of the molecule is Cc1cccnc1Nc1ccc([C@@H]2CCCN(S(=O)(=O)c3c(C)noc3C)C2)nc1. The van der Waals surface area contributed by atoms with Crippen LogP contribution in [-0.2, 0) is 10.0 Å². The highest BCUT2D eigenvalue weighted by Gasteiger charge is 2.35. The molecule has 0 unspecified atom stereocenters. The predicted octanol–water partition coefficient (Wildman–Crippen LogP) is 3.70. The van der Waals surface area contributed by atoms with Crippen LogP contribution in [0.2, 0.25) is 0 Å². The van der Waals surface area contributed by atoms with Crippen molar-refractivity contribution in [3.63, 3.8) is 0 Å². The smallest absolute Gasteiger partial charge is 0.248 e. The number of rotatable bonds is 5. The van der Waals surface area contributed by atoms with Crippen LogP contribution in [0.25, 0.3) is 0 Å². The molecule has 4 heterocycles. The van der Waals surface area contributed by atoms with Crippen molar-refractivity contribution in [2.75, 3.05) is 18.4 Å². The first kappa shape index (κ1) is 20.5. The highest BCUT2D eigenvalue weighted by molar-refractivity contribution is 7.89. The van der Waals surface area contributed by atoms with Crippen LogP contribution in [0.3, 0.4) is 0 Å². The van der Waals surface area contributed by atoms with E-state index in [0.717, 1.165) is 35.6 Å². The number of anilines is 2. The molecule has 1 aliphatic rings. The summed E-state index contributed by atoms with van der Waals surface area (Å²) in [5, 5.41) is 7.07. The van der Waals surface area contributed by atoms with Crippen LogP contribution in [0.5, 0.6) is 0 Å². The maximum Gasteiger partial charge on any atom is 0.248 e. The Bertz CT molecular complexity index is 1120. The Morgan fingerprint density at radius 3 is 2.67 bits per heavy atom. The summed E-state index contributed by atoms with van der Waals surface area (Å²) in [5.74, 6) is 1.16. The molecule has 30 heavy (non-hydrogen) atoms. The minimum atomic E-state index is -3.65. The lowest BCUT2D eigenvalue weighted by atomic mass is 9.95. The normalized spacial score (nSPS) is 17.8. The van der Waals surface area contributed by atoms with Crippen LogP contribution in [-0.4, -0.2) is 40.9 Å². The molecule has 0 bridgehead atoms. The van der Waals surface area contributed by atoms with Crippen LogP contribution in [0.15, 0.2) is 46.1 Å². The molecule has 0 aliphatic carbocycles. The van der Waals surface area contributed by atoms with Gasteiger partial charge in [0.25, 0.3) is 0 Å². The third kappa shape index (κ3) is 3.95. The Morgan fingerprint density at radius 2 is 2.00 bits per heavy atom. The van der Waals surface area contributed by atoms with Crippen molar-refractivity contribution in [2.24, 2.45) is 0 Å². The van der Waals surface area contributed by atoms with E-state index in [1.54, 1.807) is 26.2 Å². The molecule has 1 N–H and O–H groups in total. The van der Waals surface area contributed by atoms with E-state index in [4.69, 9.17) is 4.52 Å². The molecule has 0 radical (unpaired) electrons. The molecule has 4 rings (SSSR count). The Kier molecular flexibility index (Phi) is 5.57. The zero-order chi connectivity index (χ0) is 21.3. The minimum Gasteiger partial charge on any atom is -0.360 e. The van der Waals surface area contributed by atoms with Crippen LogP contribution in [0, 0.1) is 20.8 Å². The van der Waals surface area contributed by atoms with E-state index in [1.165, 1.54) is 4.31 Å². The van der Waals surface area contributed by atoms with Crippen LogP contribution in [0.1, 0.15) is 41.5 Å². The van der Waals surface area contributed by atoms with E-state index in [9.17, 15) is 8.42 Å². The van der Waals surface area contributed by atoms with Gasteiger partial charge in [0, 0.05) is 30.9 Å². The highest BCUT2D eigenvalue weighted by atomic mass is 32.2. The van der Waals surface area contributed by atoms with Gasteiger partial charge >= 0.3 is 0 Å². The minimum absolute atomic E-state index is 0.0413. The Balaban J connectivity index is 1.50. The van der Waals surface area contributed by atoms with E-state index in [1.807, 2.05) is 31.2 Å². The van der Waals surface area contributed by atoms with Crippen molar-refractivity contribution in [1.82, 2.24) is 19.4 Å². The zero-order valence-corrected chi connectivity index (χ0v) is 18.1. The van der Waals surface area contributed by atoms with Gasteiger partial charge < -0.3 is 9.84 Å². The van der Waals surface area contributed by atoms with E-state index >= 15 is 0 Å². The van der Waals surface area contributed by atoms with E-state index < -0.39 is 10.0 Å². The molecule has 0 aromatic carbocycles. The summed E-state index contributed by atoms with van der Waals surface area (Å²) in [6, 6.07) is 7.80. The third-order valence-corrected chi connectivity index (χ3v) is 7.54. The van der Waals surface area contributed by atoms with E-state index in [2.05, 4.69) is 20.4 Å². The molecule has 8 nitrogen and oxygen atoms in total. The molecule has 3 aromatic heterocycles. The second-order valence-corrected chi connectivity index (χ2v) is 9.50. The van der Waals surface area contributed by atoms with Crippen molar-refractivity contribution in [1.29, 1.82) is 0 Å². The molecule has 158 valence electrons. The zero-order valence-electron chi connectivity index (χ0n) is 17.3. The number of pyridine rings is 2. The first-order valence-electron chi connectivity index (χ1n) is 9.94. The van der Waals surface area contributed by atoms with Gasteiger partial charge in [-0.2, -0.15) is 4.31 Å². The lowest BCUT2D eigenvalue weighted by molar-refractivity contribution is 0.312. The average Bonchev–Trinajstić information content (AvgIpc) is 3.09. The quantitative estimate of drug-likeness (QED) is 0.662. The molecule has 1 fully saturated rings. The van der Waals surface area contributed by atoms with Crippen molar-refractivity contribution in [3.8, 4) is 0 Å².